The Hall–Kier alpha value is -0.990. The van der Waals surface area contributed by atoms with Crippen LogP contribution in [0.3, 0.4) is 0 Å². The first-order valence-electron chi connectivity index (χ1n) is 3.52. The van der Waals surface area contributed by atoms with Crippen molar-refractivity contribution in [2.45, 2.75) is 33.8 Å². The fourth-order valence-corrected chi connectivity index (χ4v) is 0.450. The fraction of sp³-hybridized carbons (Fsp3) is 0.625. The summed E-state index contributed by atoms with van der Waals surface area (Å²) in [7, 11) is 0. The van der Waals surface area contributed by atoms with Crippen LogP contribution in [0.2, 0.25) is 0 Å². The first-order valence-corrected chi connectivity index (χ1v) is 3.52. The van der Waals surface area contributed by atoms with Crippen LogP contribution in [0.15, 0.2) is 11.3 Å². The van der Waals surface area contributed by atoms with Gasteiger partial charge in [0.05, 0.1) is 17.4 Å². The third-order valence-corrected chi connectivity index (χ3v) is 1.19. The molecule has 0 aliphatic carbocycles. The molecule has 0 saturated carbocycles. The van der Waals surface area contributed by atoms with E-state index in [4.69, 9.17) is 9.84 Å². The lowest BCUT2D eigenvalue weighted by atomic mass is 10.3. The maximum atomic E-state index is 11.0. The zero-order valence-corrected chi connectivity index (χ0v) is 7.34. The molecule has 3 nitrogen and oxygen atoms in total. The molecule has 3 heteroatoms. The van der Waals surface area contributed by atoms with Gasteiger partial charge in [0.25, 0.3) is 0 Å². The molecule has 0 aliphatic heterocycles. The minimum atomic E-state index is -0.458. The van der Waals surface area contributed by atoms with E-state index in [2.05, 4.69) is 0 Å². The Morgan fingerprint density at radius 1 is 1.36 bits per heavy atom. The quantitative estimate of drug-likeness (QED) is 0.378. The summed E-state index contributed by atoms with van der Waals surface area (Å²) in [5, 5.41) is 8.88. The summed E-state index contributed by atoms with van der Waals surface area (Å²) in [5.74, 6) is -0.448. The highest BCUT2D eigenvalue weighted by Crippen LogP contribution is 2.03. The number of aliphatic hydroxyl groups excluding tert-OH is 1. The lowest BCUT2D eigenvalue weighted by Crippen LogP contribution is -2.13. The molecule has 0 heterocycles. The SMILES string of the molecule is CC(O)=C(C)C(=O)OC(C)C. The smallest absolute Gasteiger partial charge is 0.337 e. The van der Waals surface area contributed by atoms with Crippen LogP contribution < -0.4 is 0 Å². The van der Waals surface area contributed by atoms with Crippen LogP contribution in [0.1, 0.15) is 27.7 Å². The van der Waals surface area contributed by atoms with Gasteiger partial charge in [-0.2, -0.15) is 0 Å². The molecule has 11 heavy (non-hydrogen) atoms. The highest BCUT2D eigenvalue weighted by Gasteiger charge is 2.09. The molecule has 0 aromatic rings. The Balaban J connectivity index is 4.17. The van der Waals surface area contributed by atoms with Gasteiger partial charge >= 0.3 is 5.97 Å². The fourth-order valence-electron chi connectivity index (χ4n) is 0.450. The number of rotatable bonds is 2. The van der Waals surface area contributed by atoms with Gasteiger partial charge in [0.1, 0.15) is 0 Å². The van der Waals surface area contributed by atoms with E-state index >= 15 is 0 Å². The van der Waals surface area contributed by atoms with Crippen LogP contribution in [0.5, 0.6) is 0 Å². The summed E-state index contributed by atoms with van der Waals surface area (Å²) in [6.07, 6.45) is -0.142. The van der Waals surface area contributed by atoms with E-state index in [1.807, 2.05) is 0 Å². The summed E-state index contributed by atoms with van der Waals surface area (Å²) in [6.45, 7) is 6.51. The second kappa shape index (κ2) is 4.01. The molecule has 0 bridgehead atoms. The summed E-state index contributed by atoms with van der Waals surface area (Å²) in [6, 6.07) is 0. The van der Waals surface area contributed by atoms with Crippen LogP contribution in [-0.2, 0) is 9.53 Å². The molecule has 0 fully saturated rings. The van der Waals surface area contributed by atoms with Gasteiger partial charge in [0, 0.05) is 0 Å². The molecule has 0 rings (SSSR count). The van der Waals surface area contributed by atoms with E-state index in [1.165, 1.54) is 13.8 Å². The lowest BCUT2D eigenvalue weighted by Gasteiger charge is -2.07. The molecule has 0 aromatic carbocycles. The number of carbonyl (C=O) groups is 1. The zero-order valence-electron chi connectivity index (χ0n) is 7.34. The Morgan fingerprint density at radius 3 is 2.09 bits per heavy atom. The van der Waals surface area contributed by atoms with Crippen LogP contribution in [-0.4, -0.2) is 17.2 Å². The van der Waals surface area contributed by atoms with Crippen molar-refractivity contribution in [3.63, 3.8) is 0 Å². The molecule has 0 aliphatic rings. The highest BCUT2D eigenvalue weighted by atomic mass is 16.5. The average molecular weight is 158 g/mol. The Bertz CT molecular complexity index is 176. The van der Waals surface area contributed by atoms with Gasteiger partial charge in [0.15, 0.2) is 0 Å². The van der Waals surface area contributed by atoms with E-state index in [-0.39, 0.29) is 17.4 Å². The molecule has 0 saturated heterocycles. The van der Waals surface area contributed by atoms with Crippen molar-refractivity contribution in [2.75, 3.05) is 0 Å². The second-order valence-corrected chi connectivity index (χ2v) is 2.66. The van der Waals surface area contributed by atoms with Crippen molar-refractivity contribution in [3.05, 3.63) is 11.3 Å². The van der Waals surface area contributed by atoms with E-state index in [1.54, 1.807) is 13.8 Å². The Labute approximate surface area is 66.7 Å². The van der Waals surface area contributed by atoms with E-state index in [0.29, 0.717) is 0 Å². The molecule has 0 radical (unpaired) electrons. The van der Waals surface area contributed by atoms with Crippen molar-refractivity contribution >= 4 is 5.97 Å². The first-order chi connectivity index (χ1) is 4.95. The predicted molar refractivity (Wildman–Crippen MR) is 42.2 cm³/mol. The van der Waals surface area contributed by atoms with Crippen LogP contribution in [0, 0.1) is 0 Å². The van der Waals surface area contributed by atoms with E-state index in [9.17, 15) is 4.79 Å². The third-order valence-electron chi connectivity index (χ3n) is 1.19. The van der Waals surface area contributed by atoms with Crippen molar-refractivity contribution in [3.8, 4) is 0 Å². The monoisotopic (exact) mass is 158 g/mol. The van der Waals surface area contributed by atoms with E-state index < -0.39 is 5.97 Å². The second-order valence-electron chi connectivity index (χ2n) is 2.66. The lowest BCUT2D eigenvalue weighted by molar-refractivity contribution is -0.142. The summed E-state index contributed by atoms with van der Waals surface area (Å²) in [5.41, 5.74) is 0.263. The summed E-state index contributed by atoms with van der Waals surface area (Å²) in [4.78, 5) is 11.0. The largest absolute Gasteiger partial charge is 0.512 e. The first kappa shape index (κ1) is 10.0. The number of esters is 1. The van der Waals surface area contributed by atoms with Crippen molar-refractivity contribution in [1.29, 1.82) is 0 Å². The number of allylic oxidation sites excluding steroid dienone is 1. The standard InChI is InChI=1S/C8H14O3/c1-5(2)11-8(10)6(3)7(4)9/h5,9H,1-4H3. The number of aliphatic hydroxyl groups is 1. The minimum absolute atomic E-state index is 0.00986. The molecule has 0 aromatic heterocycles. The third kappa shape index (κ3) is 3.65. The summed E-state index contributed by atoms with van der Waals surface area (Å²) < 4.78 is 4.82. The van der Waals surface area contributed by atoms with Crippen LogP contribution >= 0.6 is 0 Å². The number of hydrogen-bond donors (Lipinski definition) is 1. The van der Waals surface area contributed by atoms with Gasteiger partial charge in [-0.3, -0.25) is 0 Å². The number of ether oxygens (including phenoxy) is 1. The van der Waals surface area contributed by atoms with Gasteiger partial charge in [0.2, 0.25) is 0 Å². The molecule has 64 valence electrons. The average Bonchev–Trinajstić information content (AvgIpc) is 1.84. The number of hydrogen-bond acceptors (Lipinski definition) is 3. The number of carbonyl (C=O) groups excluding carboxylic acids is 1. The Morgan fingerprint density at radius 2 is 1.82 bits per heavy atom. The van der Waals surface area contributed by atoms with Crippen LogP contribution in [0.25, 0.3) is 0 Å². The predicted octanol–water partition coefficient (Wildman–Crippen LogP) is 1.79. The maximum Gasteiger partial charge on any atom is 0.337 e. The van der Waals surface area contributed by atoms with Gasteiger partial charge in [-0.15, -0.1) is 0 Å². The minimum Gasteiger partial charge on any atom is -0.512 e. The molecule has 0 amide bonds. The van der Waals surface area contributed by atoms with Gasteiger partial charge in [-0.25, -0.2) is 4.79 Å². The molecular weight excluding hydrogens is 144 g/mol. The normalized spacial score (nSPS) is 12.8. The topological polar surface area (TPSA) is 46.5 Å². The van der Waals surface area contributed by atoms with Crippen molar-refractivity contribution < 1.29 is 14.6 Å². The molecule has 1 N–H and O–H groups in total. The zero-order chi connectivity index (χ0) is 9.02. The van der Waals surface area contributed by atoms with Crippen LogP contribution in [0.4, 0.5) is 0 Å². The molecule has 0 spiro atoms. The van der Waals surface area contributed by atoms with Crippen molar-refractivity contribution in [1.82, 2.24) is 0 Å². The highest BCUT2D eigenvalue weighted by molar-refractivity contribution is 5.88. The Kier molecular flexibility index (Phi) is 3.65. The van der Waals surface area contributed by atoms with E-state index in [0.717, 1.165) is 0 Å². The molecule has 0 atom stereocenters. The molecular formula is C8H14O3. The van der Waals surface area contributed by atoms with Crippen molar-refractivity contribution in [2.24, 2.45) is 0 Å². The summed E-state index contributed by atoms with van der Waals surface area (Å²) >= 11 is 0. The van der Waals surface area contributed by atoms with Gasteiger partial charge < -0.3 is 9.84 Å². The van der Waals surface area contributed by atoms with Gasteiger partial charge in [-0.05, 0) is 27.7 Å². The molecule has 0 unspecified atom stereocenters. The van der Waals surface area contributed by atoms with Gasteiger partial charge in [-0.1, -0.05) is 0 Å². The maximum absolute atomic E-state index is 11.0.